The second-order valence-electron chi connectivity index (χ2n) is 7.23. The van der Waals surface area contributed by atoms with E-state index in [1.165, 1.54) is 11.0 Å². The molecule has 1 fully saturated rings. The van der Waals surface area contributed by atoms with E-state index in [2.05, 4.69) is 15.3 Å². The van der Waals surface area contributed by atoms with Crippen LogP contribution in [0.5, 0.6) is 5.75 Å². The lowest BCUT2D eigenvalue weighted by Gasteiger charge is -2.28. The first-order valence-electron chi connectivity index (χ1n) is 9.58. The van der Waals surface area contributed by atoms with Crippen molar-refractivity contribution >= 4 is 23.1 Å². The smallest absolute Gasteiger partial charge is 0.227 e. The highest BCUT2D eigenvalue weighted by molar-refractivity contribution is 5.96. The minimum Gasteiger partial charge on any atom is -0.485 e. The molecule has 6 nitrogen and oxygen atoms in total. The van der Waals surface area contributed by atoms with Crippen LogP contribution in [0.15, 0.2) is 48.9 Å². The molecular weight excluding hydrogens is 371 g/mol. The third kappa shape index (κ3) is 3.08. The fraction of sp³-hybridized carbons (Fsp3) is 0.227. The highest BCUT2D eigenvalue weighted by atomic mass is 19.1. The number of amides is 1. The van der Waals surface area contributed by atoms with Gasteiger partial charge >= 0.3 is 0 Å². The number of rotatable bonds is 3. The quantitative estimate of drug-likeness (QED) is 0.708. The van der Waals surface area contributed by atoms with Gasteiger partial charge in [-0.25, -0.2) is 9.37 Å². The molecule has 146 valence electrons. The lowest BCUT2D eigenvalue weighted by Crippen LogP contribution is -2.25. The number of benzene rings is 1. The van der Waals surface area contributed by atoms with Crippen LogP contribution < -0.4 is 15.0 Å². The van der Waals surface area contributed by atoms with Crippen LogP contribution in [0.25, 0.3) is 11.1 Å². The lowest BCUT2D eigenvalue weighted by atomic mass is 9.94. The van der Waals surface area contributed by atoms with Crippen molar-refractivity contribution in [3.05, 3.63) is 60.3 Å². The Morgan fingerprint density at radius 3 is 2.90 bits per heavy atom. The molecule has 3 aromatic rings. The maximum atomic E-state index is 14.9. The van der Waals surface area contributed by atoms with E-state index in [0.29, 0.717) is 30.1 Å². The summed E-state index contributed by atoms with van der Waals surface area (Å²) in [7, 11) is 0. The van der Waals surface area contributed by atoms with Crippen molar-refractivity contribution < 1.29 is 13.9 Å². The summed E-state index contributed by atoms with van der Waals surface area (Å²) in [4.78, 5) is 22.1. The average molecular weight is 390 g/mol. The van der Waals surface area contributed by atoms with Gasteiger partial charge in [-0.2, -0.15) is 0 Å². The van der Waals surface area contributed by atoms with Crippen LogP contribution in [0, 0.1) is 5.82 Å². The first kappa shape index (κ1) is 17.6. The van der Waals surface area contributed by atoms with Crippen molar-refractivity contribution in [2.24, 2.45) is 0 Å². The number of halogens is 1. The van der Waals surface area contributed by atoms with Crippen LogP contribution >= 0.6 is 0 Å². The Labute approximate surface area is 167 Å². The molecule has 1 amide bonds. The Hall–Kier alpha value is -3.48. The molecule has 0 radical (unpaired) electrons. The molecule has 4 heterocycles. The van der Waals surface area contributed by atoms with Gasteiger partial charge in [-0.1, -0.05) is 0 Å². The van der Waals surface area contributed by atoms with Gasteiger partial charge in [0.05, 0.1) is 17.6 Å². The number of nitrogens with zero attached hydrogens (tertiary/aromatic N) is 3. The van der Waals surface area contributed by atoms with Gasteiger partial charge in [0, 0.05) is 48.1 Å². The Bertz CT molecular complexity index is 1100. The molecule has 1 N–H and O–H groups in total. The molecule has 2 aliphatic heterocycles. The van der Waals surface area contributed by atoms with Crippen molar-refractivity contribution in [2.75, 3.05) is 16.8 Å². The highest BCUT2D eigenvalue weighted by Crippen LogP contribution is 2.45. The zero-order valence-corrected chi connectivity index (χ0v) is 15.9. The van der Waals surface area contributed by atoms with Gasteiger partial charge in [0.2, 0.25) is 5.91 Å². The molecule has 29 heavy (non-hydrogen) atoms. The number of aromatic nitrogens is 2. The minimum atomic E-state index is -0.430. The van der Waals surface area contributed by atoms with Gasteiger partial charge in [0.15, 0.2) is 0 Å². The summed E-state index contributed by atoms with van der Waals surface area (Å²) < 4.78 is 21.0. The number of hydrogen-bond donors (Lipinski definition) is 1. The monoisotopic (exact) mass is 390 g/mol. The molecule has 0 bridgehead atoms. The number of carbonyl (C=O) groups excluding carboxylic acids is 1. The molecule has 0 aliphatic carbocycles. The van der Waals surface area contributed by atoms with Crippen molar-refractivity contribution in [2.45, 2.75) is 25.9 Å². The molecular formula is C22H19FN4O2. The van der Waals surface area contributed by atoms with Gasteiger partial charge < -0.3 is 15.0 Å². The van der Waals surface area contributed by atoms with Crippen LogP contribution in [0.1, 0.15) is 31.4 Å². The highest BCUT2D eigenvalue weighted by Gasteiger charge is 2.29. The second kappa shape index (κ2) is 6.84. The van der Waals surface area contributed by atoms with Crippen LogP contribution in [-0.4, -0.2) is 22.4 Å². The fourth-order valence-corrected chi connectivity index (χ4v) is 3.90. The van der Waals surface area contributed by atoms with E-state index in [1.54, 1.807) is 24.7 Å². The van der Waals surface area contributed by atoms with E-state index in [1.807, 2.05) is 25.1 Å². The number of hydrogen-bond acceptors (Lipinski definition) is 5. The summed E-state index contributed by atoms with van der Waals surface area (Å²) >= 11 is 0. The summed E-state index contributed by atoms with van der Waals surface area (Å²) in [6.07, 6.45) is 6.11. The molecule has 0 unspecified atom stereocenters. The van der Waals surface area contributed by atoms with Crippen molar-refractivity contribution in [3.63, 3.8) is 0 Å². The third-order valence-electron chi connectivity index (χ3n) is 5.32. The van der Waals surface area contributed by atoms with Gasteiger partial charge in [0.1, 0.15) is 23.5 Å². The predicted octanol–water partition coefficient (Wildman–Crippen LogP) is 4.61. The van der Waals surface area contributed by atoms with E-state index < -0.39 is 5.82 Å². The molecule has 0 saturated carbocycles. The Kier molecular flexibility index (Phi) is 4.16. The van der Waals surface area contributed by atoms with Crippen LogP contribution in [0.2, 0.25) is 0 Å². The third-order valence-corrected chi connectivity index (χ3v) is 5.32. The summed E-state index contributed by atoms with van der Waals surface area (Å²) in [6.45, 7) is 2.48. The number of ether oxygens (including phenoxy) is 1. The molecule has 5 rings (SSSR count). The Morgan fingerprint density at radius 2 is 2.14 bits per heavy atom. The minimum absolute atomic E-state index is 0.0547. The number of carbonyl (C=O) groups is 1. The van der Waals surface area contributed by atoms with Gasteiger partial charge in [-0.3, -0.25) is 9.78 Å². The van der Waals surface area contributed by atoms with E-state index in [-0.39, 0.29) is 17.7 Å². The lowest BCUT2D eigenvalue weighted by molar-refractivity contribution is -0.117. The van der Waals surface area contributed by atoms with E-state index >= 15 is 0 Å². The van der Waals surface area contributed by atoms with E-state index in [9.17, 15) is 9.18 Å². The van der Waals surface area contributed by atoms with Gasteiger partial charge in [-0.15, -0.1) is 0 Å². The number of nitrogens with one attached hydrogen (secondary N) is 1. The predicted molar refractivity (Wildman–Crippen MR) is 108 cm³/mol. The summed E-state index contributed by atoms with van der Waals surface area (Å²) in [5, 5.41) is 3.21. The van der Waals surface area contributed by atoms with E-state index in [0.717, 1.165) is 23.2 Å². The first-order chi connectivity index (χ1) is 14.1. The maximum Gasteiger partial charge on any atom is 0.227 e. The molecule has 1 aromatic carbocycles. The van der Waals surface area contributed by atoms with Gasteiger partial charge in [-0.05, 0) is 37.6 Å². The topological polar surface area (TPSA) is 67.3 Å². The number of anilines is 3. The average Bonchev–Trinajstić information content (AvgIpc) is 3.15. The fourth-order valence-electron chi connectivity index (χ4n) is 3.90. The van der Waals surface area contributed by atoms with Crippen molar-refractivity contribution in [1.82, 2.24) is 9.97 Å². The Balaban J connectivity index is 1.53. The summed E-state index contributed by atoms with van der Waals surface area (Å²) in [6, 6.07) is 8.73. The van der Waals surface area contributed by atoms with Gasteiger partial charge in [0.25, 0.3) is 0 Å². The number of fused-ring (bicyclic) bond motifs is 3. The zero-order valence-electron chi connectivity index (χ0n) is 15.9. The first-order valence-corrected chi connectivity index (χ1v) is 9.58. The zero-order chi connectivity index (χ0) is 20.0. The molecule has 2 aliphatic rings. The van der Waals surface area contributed by atoms with Crippen molar-refractivity contribution in [3.8, 4) is 16.9 Å². The standard InChI is InChI=1S/C22H19FN4O2/c1-13-15-9-21(26-14-4-2-6-24-11-14)25-12-17(15)16-8-18(23)19(10-20(16)29-13)27-7-3-5-22(27)28/h2,4,6,8-13H,3,5,7H2,1H3,(H,25,26)/t13-/m0/s1. The maximum absolute atomic E-state index is 14.9. The summed E-state index contributed by atoms with van der Waals surface area (Å²) in [5.74, 6) is 0.743. The molecule has 0 spiro atoms. The molecule has 7 heteroatoms. The van der Waals surface area contributed by atoms with Crippen LogP contribution in [0.3, 0.4) is 0 Å². The van der Waals surface area contributed by atoms with Crippen molar-refractivity contribution in [1.29, 1.82) is 0 Å². The van der Waals surface area contributed by atoms with E-state index in [4.69, 9.17) is 4.74 Å². The normalized spacial score (nSPS) is 17.5. The second-order valence-corrected chi connectivity index (χ2v) is 7.23. The van der Waals surface area contributed by atoms with Crippen LogP contribution in [-0.2, 0) is 4.79 Å². The largest absolute Gasteiger partial charge is 0.485 e. The number of pyridine rings is 2. The molecule has 2 aromatic heterocycles. The SMILES string of the molecule is C[C@@H]1Oc2cc(N3CCCC3=O)c(F)cc2-c2cnc(Nc3cccnc3)cc21. The Morgan fingerprint density at radius 1 is 1.24 bits per heavy atom. The molecule has 1 saturated heterocycles. The summed E-state index contributed by atoms with van der Waals surface area (Å²) in [5.41, 5.74) is 3.50. The molecule has 1 atom stereocenters. The van der Waals surface area contributed by atoms with Crippen LogP contribution in [0.4, 0.5) is 21.6 Å².